The van der Waals surface area contributed by atoms with Crippen LogP contribution in [-0.4, -0.2) is 18.0 Å². The van der Waals surface area contributed by atoms with E-state index < -0.39 is 0 Å². The third-order valence-corrected chi connectivity index (χ3v) is 2.04. The topological polar surface area (TPSA) is 46.2 Å². The van der Waals surface area contributed by atoms with Crippen LogP contribution in [0.3, 0.4) is 0 Å². The van der Waals surface area contributed by atoms with Crippen LogP contribution in [0.1, 0.15) is 13.3 Å². The van der Waals surface area contributed by atoms with E-state index in [9.17, 15) is 0 Å². The van der Waals surface area contributed by atoms with Crippen molar-refractivity contribution in [3.05, 3.63) is 10.6 Å². The molecule has 0 aliphatic carbocycles. The first-order valence-corrected chi connectivity index (χ1v) is 4.05. The summed E-state index contributed by atoms with van der Waals surface area (Å²) >= 11 is 1.60. The van der Waals surface area contributed by atoms with Gasteiger partial charge in [0.2, 0.25) is 0 Å². The molecule has 0 aliphatic rings. The molecule has 0 spiro atoms. The van der Waals surface area contributed by atoms with Crippen molar-refractivity contribution >= 4 is 11.8 Å². The summed E-state index contributed by atoms with van der Waals surface area (Å²) in [5.41, 5.74) is 6.30. The smallest absolute Gasteiger partial charge is 0.0477 e. The molecular formula is C6H13NOS. The predicted octanol–water partition coefficient (Wildman–Crippen LogP) is 0.922. The van der Waals surface area contributed by atoms with Gasteiger partial charge in [0.1, 0.15) is 0 Å². The van der Waals surface area contributed by atoms with Crippen LogP contribution in [0.2, 0.25) is 0 Å². The maximum atomic E-state index is 8.51. The maximum absolute atomic E-state index is 8.51. The lowest BCUT2D eigenvalue weighted by Gasteiger charge is -2.02. The first kappa shape index (κ1) is 8.85. The van der Waals surface area contributed by atoms with Crippen molar-refractivity contribution in [2.45, 2.75) is 13.3 Å². The second-order valence-electron chi connectivity index (χ2n) is 1.78. The van der Waals surface area contributed by atoms with Gasteiger partial charge in [0.25, 0.3) is 0 Å². The summed E-state index contributed by atoms with van der Waals surface area (Å²) in [6.07, 6.45) is 2.64. The Balaban J connectivity index is 3.83. The molecule has 0 saturated carbocycles. The highest BCUT2D eigenvalue weighted by Gasteiger charge is 1.95. The van der Waals surface area contributed by atoms with Crippen molar-refractivity contribution in [1.29, 1.82) is 0 Å². The number of hydrogen-bond acceptors (Lipinski definition) is 3. The Morgan fingerprint density at radius 2 is 2.22 bits per heavy atom. The van der Waals surface area contributed by atoms with Crippen LogP contribution in [0.4, 0.5) is 0 Å². The van der Waals surface area contributed by atoms with E-state index >= 15 is 0 Å². The highest BCUT2D eigenvalue weighted by Crippen LogP contribution is 2.16. The highest BCUT2D eigenvalue weighted by molar-refractivity contribution is 8.02. The van der Waals surface area contributed by atoms with Gasteiger partial charge >= 0.3 is 0 Å². The minimum atomic E-state index is 0.185. The van der Waals surface area contributed by atoms with E-state index in [-0.39, 0.29) is 6.61 Å². The zero-order valence-corrected chi connectivity index (χ0v) is 6.66. The van der Waals surface area contributed by atoms with Crippen LogP contribution in [0.15, 0.2) is 10.6 Å². The lowest BCUT2D eigenvalue weighted by atomic mass is 10.3. The fraction of sp³-hybridized carbons (Fsp3) is 0.667. The Hall–Kier alpha value is -0.150. The summed E-state index contributed by atoms with van der Waals surface area (Å²) in [7, 11) is 0. The SMILES string of the molecule is CS/C(CCO)=C(/C)N. The first-order chi connectivity index (χ1) is 4.22. The van der Waals surface area contributed by atoms with Crippen LogP contribution in [0.25, 0.3) is 0 Å². The molecule has 0 atom stereocenters. The van der Waals surface area contributed by atoms with Gasteiger partial charge in [-0.2, -0.15) is 0 Å². The molecule has 9 heavy (non-hydrogen) atoms. The molecular weight excluding hydrogens is 134 g/mol. The molecule has 0 radical (unpaired) electrons. The number of rotatable bonds is 3. The molecule has 2 nitrogen and oxygen atoms in total. The van der Waals surface area contributed by atoms with Crippen molar-refractivity contribution in [3.63, 3.8) is 0 Å². The zero-order chi connectivity index (χ0) is 7.28. The number of aliphatic hydroxyl groups is 1. The van der Waals surface area contributed by atoms with Gasteiger partial charge in [-0.3, -0.25) is 0 Å². The van der Waals surface area contributed by atoms with Gasteiger partial charge in [-0.25, -0.2) is 0 Å². The summed E-state index contributed by atoms with van der Waals surface area (Å²) in [6.45, 7) is 2.03. The summed E-state index contributed by atoms with van der Waals surface area (Å²) in [4.78, 5) is 1.08. The van der Waals surface area contributed by atoms with Gasteiger partial charge in [0.05, 0.1) is 0 Å². The van der Waals surface area contributed by atoms with E-state index in [4.69, 9.17) is 10.8 Å². The standard InChI is InChI=1S/C6H13NOS/c1-5(7)6(9-2)3-4-8/h8H,3-4,7H2,1-2H3/b6-5-. The summed E-state index contributed by atoms with van der Waals surface area (Å²) in [5, 5.41) is 8.51. The molecule has 0 rings (SSSR count). The molecule has 0 aromatic carbocycles. The third kappa shape index (κ3) is 3.43. The average molecular weight is 147 g/mol. The number of hydrogen-bond donors (Lipinski definition) is 2. The zero-order valence-electron chi connectivity index (χ0n) is 5.85. The normalized spacial score (nSPS) is 13.2. The molecule has 0 aromatic heterocycles. The van der Waals surface area contributed by atoms with Crippen LogP contribution < -0.4 is 5.73 Å². The number of allylic oxidation sites excluding steroid dienone is 1. The molecule has 0 bridgehead atoms. The van der Waals surface area contributed by atoms with Gasteiger partial charge in [-0.05, 0) is 13.2 Å². The Morgan fingerprint density at radius 1 is 1.67 bits per heavy atom. The van der Waals surface area contributed by atoms with Gasteiger partial charge in [-0.15, -0.1) is 11.8 Å². The minimum Gasteiger partial charge on any atom is -0.402 e. The molecule has 0 heterocycles. The third-order valence-electron chi connectivity index (χ3n) is 1.03. The van der Waals surface area contributed by atoms with E-state index in [2.05, 4.69) is 0 Å². The Labute approximate surface area is 60.1 Å². The van der Waals surface area contributed by atoms with Crippen LogP contribution in [0.5, 0.6) is 0 Å². The first-order valence-electron chi connectivity index (χ1n) is 2.82. The average Bonchev–Trinajstić information content (AvgIpc) is 1.82. The van der Waals surface area contributed by atoms with Gasteiger partial charge < -0.3 is 10.8 Å². The van der Waals surface area contributed by atoms with Crippen LogP contribution >= 0.6 is 11.8 Å². The minimum absolute atomic E-state index is 0.185. The van der Waals surface area contributed by atoms with Crippen molar-refractivity contribution < 1.29 is 5.11 Å². The summed E-state index contributed by atoms with van der Waals surface area (Å²) in [6, 6.07) is 0. The van der Waals surface area contributed by atoms with E-state index in [0.29, 0.717) is 6.42 Å². The van der Waals surface area contributed by atoms with Crippen molar-refractivity contribution in [2.75, 3.05) is 12.9 Å². The lowest BCUT2D eigenvalue weighted by Crippen LogP contribution is -1.97. The molecule has 0 saturated heterocycles. The fourth-order valence-electron chi connectivity index (χ4n) is 0.562. The van der Waals surface area contributed by atoms with Crippen LogP contribution in [0, 0.1) is 0 Å². The Bertz CT molecular complexity index is 108. The molecule has 0 aromatic rings. The Morgan fingerprint density at radius 3 is 2.33 bits per heavy atom. The van der Waals surface area contributed by atoms with E-state index in [0.717, 1.165) is 10.6 Å². The lowest BCUT2D eigenvalue weighted by molar-refractivity contribution is 0.301. The number of thioether (sulfide) groups is 1. The fourth-order valence-corrected chi connectivity index (χ4v) is 1.18. The van der Waals surface area contributed by atoms with E-state index in [1.165, 1.54) is 0 Å². The largest absolute Gasteiger partial charge is 0.402 e. The van der Waals surface area contributed by atoms with Gasteiger partial charge in [-0.1, -0.05) is 0 Å². The van der Waals surface area contributed by atoms with Crippen LogP contribution in [-0.2, 0) is 0 Å². The van der Waals surface area contributed by atoms with Crippen molar-refractivity contribution in [2.24, 2.45) is 5.73 Å². The monoisotopic (exact) mass is 147 g/mol. The highest BCUT2D eigenvalue weighted by atomic mass is 32.2. The van der Waals surface area contributed by atoms with Crippen molar-refractivity contribution in [3.8, 4) is 0 Å². The molecule has 0 aliphatic heterocycles. The van der Waals surface area contributed by atoms with E-state index in [1.54, 1.807) is 11.8 Å². The molecule has 0 unspecified atom stereocenters. The number of aliphatic hydroxyl groups excluding tert-OH is 1. The maximum Gasteiger partial charge on any atom is 0.0477 e. The Kier molecular flexibility index (Phi) is 4.62. The summed E-state index contributed by atoms with van der Waals surface area (Å²) in [5.74, 6) is 0. The second-order valence-corrected chi connectivity index (χ2v) is 2.68. The molecule has 0 amide bonds. The van der Waals surface area contributed by atoms with Gasteiger partial charge in [0.15, 0.2) is 0 Å². The number of nitrogens with two attached hydrogens (primary N) is 1. The molecule has 3 N–H and O–H groups in total. The molecule has 54 valence electrons. The molecule has 3 heteroatoms. The quantitative estimate of drug-likeness (QED) is 0.624. The van der Waals surface area contributed by atoms with Gasteiger partial charge in [0, 0.05) is 23.6 Å². The predicted molar refractivity (Wildman–Crippen MR) is 42.1 cm³/mol. The molecule has 0 fully saturated rings. The second kappa shape index (κ2) is 4.70. The van der Waals surface area contributed by atoms with E-state index in [1.807, 2.05) is 13.2 Å². The van der Waals surface area contributed by atoms with Crippen molar-refractivity contribution in [1.82, 2.24) is 0 Å². The summed E-state index contributed by atoms with van der Waals surface area (Å²) < 4.78 is 0.